The monoisotopic (exact) mass is 237 g/mol. The zero-order chi connectivity index (χ0) is 12.5. The summed E-state index contributed by atoms with van der Waals surface area (Å²) in [6.45, 7) is 7.24. The molecule has 1 unspecified atom stereocenters. The highest BCUT2D eigenvalue weighted by molar-refractivity contribution is 4.88. The van der Waals surface area contributed by atoms with E-state index < -0.39 is 0 Å². The third-order valence-electron chi connectivity index (χ3n) is 5.22. The molecule has 17 heavy (non-hydrogen) atoms. The molecule has 0 aromatic carbocycles. The lowest BCUT2D eigenvalue weighted by Crippen LogP contribution is -2.38. The minimum atomic E-state index is 0.524. The van der Waals surface area contributed by atoms with Gasteiger partial charge in [-0.2, -0.15) is 0 Å². The van der Waals surface area contributed by atoms with Crippen molar-refractivity contribution in [3.05, 3.63) is 0 Å². The fourth-order valence-electron chi connectivity index (χ4n) is 3.65. The highest BCUT2D eigenvalue weighted by atomic mass is 14.9. The summed E-state index contributed by atoms with van der Waals surface area (Å²) < 4.78 is 0. The predicted molar refractivity (Wildman–Crippen MR) is 75.1 cm³/mol. The Hall–Kier alpha value is -0.0400. The Morgan fingerprint density at radius 2 is 1.59 bits per heavy atom. The SMILES string of the molecule is CNC(CC1CC1)C1CCC(C(C)(C)C)CC1. The third kappa shape index (κ3) is 3.71. The van der Waals surface area contributed by atoms with Gasteiger partial charge in [-0.3, -0.25) is 0 Å². The molecule has 100 valence electrons. The molecular weight excluding hydrogens is 206 g/mol. The van der Waals surface area contributed by atoms with Crippen LogP contribution in [0.1, 0.15) is 65.7 Å². The summed E-state index contributed by atoms with van der Waals surface area (Å²) >= 11 is 0. The van der Waals surface area contributed by atoms with Gasteiger partial charge in [-0.15, -0.1) is 0 Å². The van der Waals surface area contributed by atoms with E-state index >= 15 is 0 Å². The van der Waals surface area contributed by atoms with Gasteiger partial charge >= 0.3 is 0 Å². The number of rotatable bonds is 4. The lowest BCUT2D eigenvalue weighted by molar-refractivity contribution is 0.131. The second-order valence-corrected chi connectivity index (χ2v) is 7.55. The number of hydrogen-bond donors (Lipinski definition) is 1. The first-order valence-electron chi connectivity index (χ1n) is 7.68. The Balaban J connectivity index is 1.80. The zero-order valence-electron chi connectivity index (χ0n) is 12.3. The molecule has 2 rings (SSSR count). The van der Waals surface area contributed by atoms with E-state index in [1.165, 1.54) is 44.9 Å². The van der Waals surface area contributed by atoms with Gasteiger partial charge in [0.1, 0.15) is 0 Å². The van der Waals surface area contributed by atoms with Crippen LogP contribution < -0.4 is 5.32 Å². The maximum absolute atomic E-state index is 3.60. The van der Waals surface area contributed by atoms with Gasteiger partial charge in [0.2, 0.25) is 0 Å². The van der Waals surface area contributed by atoms with Crippen molar-refractivity contribution in [1.29, 1.82) is 0 Å². The van der Waals surface area contributed by atoms with Gasteiger partial charge in [-0.05, 0) is 62.3 Å². The van der Waals surface area contributed by atoms with Crippen LogP contribution in [-0.4, -0.2) is 13.1 Å². The Labute approximate surface area is 108 Å². The van der Waals surface area contributed by atoms with E-state index in [2.05, 4.69) is 33.1 Å². The molecule has 0 amide bonds. The molecule has 0 aliphatic heterocycles. The van der Waals surface area contributed by atoms with E-state index in [4.69, 9.17) is 0 Å². The summed E-state index contributed by atoms with van der Waals surface area (Å²) in [5.41, 5.74) is 0.524. The average Bonchev–Trinajstić information content (AvgIpc) is 3.09. The summed E-state index contributed by atoms with van der Waals surface area (Å²) in [6, 6.07) is 0.809. The lowest BCUT2D eigenvalue weighted by Gasteiger charge is -2.39. The summed E-state index contributed by atoms with van der Waals surface area (Å²) in [6.07, 6.45) is 10.3. The number of hydrogen-bond acceptors (Lipinski definition) is 1. The molecule has 2 aliphatic rings. The quantitative estimate of drug-likeness (QED) is 0.771. The van der Waals surface area contributed by atoms with Gasteiger partial charge in [-0.1, -0.05) is 33.6 Å². The summed E-state index contributed by atoms with van der Waals surface area (Å²) in [5, 5.41) is 3.60. The number of nitrogens with one attached hydrogen (secondary N) is 1. The third-order valence-corrected chi connectivity index (χ3v) is 5.22. The van der Waals surface area contributed by atoms with E-state index in [1.54, 1.807) is 0 Å². The fraction of sp³-hybridized carbons (Fsp3) is 1.00. The van der Waals surface area contributed by atoms with Crippen LogP contribution in [0.4, 0.5) is 0 Å². The first-order chi connectivity index (χ1) is 8.00. The topological polar surface area (TPSA) is 12.0 Å². The van der Waals surface area contributed by atoms with Crippen molar-refractivity contribution in [3.8, 4) is 0 Å². The van der Waals surface area contributed by atoms with Gasteiger partial charge in [-0.25, -0.2) is 0 Å². The van der Waals surface area contributed by atoms with E-state index in [1.807, 2.05) is 0 Å². The van der Waals surface area contributed by atoms with Gasteiger partial charge in [0.05, 0.1) is 0 Å². The minimum Gasteiger partial charge on any atom is -0.317 e. The molecule has 2 saturated carbocycles. The maximum atomic E-state index is 3.60. The second-order valence-electron chi connectivity index (χ2n) is 7.55. The van der Waals surface area contributed by atoms with Crippen LogP contribution in [0.3, 0.4) is 0 Å². The van der Waals surface area contributed by atoms with Crippen LogP contribution in [0.25, 0.3) is 0 Å². The second kappa shape index (κ2) is 5.30. The van der Waals surface area contributed by atoms with Crippen LogP contribution in [0.15, 0.2) is 0 Å². The fourth-order valence-corrected chi connectivity index (χ4v) is 3.65. The van der Waals surface area contributed by atoms with Crippen molar-refractivity contribution < 1.29 is 0 Å². The molecule has 1 N–H and O–H groups in total. The molecule has 0 bridgehead atoms. The Kier molecular flexibility index (Phi) is 4.18. The molecule has 1 atom stereocenters. The van der Waals surface area contributed by atoms with Gasteiger partial charge < -0.3 is 5.32 Å². The first-order valence-corrected chi connectivity index (χ1v) is 7.68. The summed E-state index contributed by atoms with van der Waals surface area (Å²) in [5.74, 6) is 2.98. The maximum Gasteiger partial charge on any atom is 0.00949 e. The van der Waals surface area contributed by atoms with Gasteiger partial charge in [0.25, 0.3) is 0 Å². The molecule has 0 aromatic rings. The smallest absolute Gasteiger partial charge is 0.00949 e. The molecular formula is C16H31N. The Morgan fingerprint density at radius 3 is 2.00 bits per heavy atom. The van der Waals surface area contributed by atoms with E-state index in [9.17, 15) is 0 Å². The van der Waals surface area contributed by atoms with E-state index in [0.717, 1.165) is 23.8 Å². The van der Waals surface area contributed by atoms with Crippen molar-refractivity contribution in [2.75, 3.05) is 7.05 Å². The van der Waals surface area contributed by atoms with Crippen molar-refractivity contribution in [2.45, 2.75) is 71.8 Å². The predicted octanol–water partition coefficient (Wildman–Crippen LogP) is 4.23. The van der Waals surface area contributed by atoms with Crippen LogP contribution in [-0.2, 0) is 0 Å². The highest BCUT2D eigenvalue weighted by Crippen LogP contribution is 2.43. The minimum absolute atomic E-state index is 0.524. The molecule has 2 fully saturated rings. The van der Waals surface area contributed by atoms with Gasteiger partial charge in [0, 0.05) is 6.04 Å². The van der Waals surface area contributed by atoms with Crippen molar-refractivity contribution in [1.82, 2.24) is 5.32 Å². The van der Waals surface area contributed by atoms with Crippen LogP contribution in [0.2, 0.25) is 0 Å². The molecule has 0 radical (unpaired) electrons. The standard InChI is InChI=1S/C16H31N/c1-16(2,3)14-9-7-13(8-10-14)15(17-4)11-12-5-6-12/h12-15,17H,5-11H2,1-4H3. The first kappa shape index (κ1) is 13.4. The van der Waals surface area contributed by atoms with Crippen LogP contribution in [0.5, 0.6) is 0 Å². The average molecular weight is 237 g/mol. The highest BCUT2D eigenvalue weighted by Gasteiger charge is 2.34. The van der Waals surface area contributed by atoms with E-state index in [0.29, 0.717) is 5.41 Å². The van der Waals surface area contributed by atoms with Gasteiger partial charge in [0.15, 0.2) is 0 Å². The van der Waals surface area contributed by atoms with Crippen molar-refractivity contribution >= 4 is 0 Å². The largest absolute Gasteiger partial charge is 0.317 e. The van der Waals surface area contributed by atoms with Crippen molar-refractivity contribution in [3.63, 3.8) is 0 Å². The van der Waals surface area contributed by atoms with Crippen molar-refractivity contribution in [2.24, 2.45) is 23.2 Å². The molecule has 0 aromatic heterocycles. The molecule has 2 aliphatic carbocycles. The van der Waals surface area contributed by atoms with Crippen LogP contribution >= 0.6 is 0 Å². The Morgan fingerprint density at radius 1 is 1.00 bits per heavy atom. The molecule has 0 heterocycles. The summed E-state index contributed by atoms with van der Waals surface area (Å²) in [7, 11) is 2.17. The molecule has 1 nitrogen and oxygen atoms in total. The zero-order valence-corrected chi connectivity index (χ0v) is 12.3. The molecule has 0 saturated heterocycles. The normalized spacial score (nSPS) is 32.5. The summed E-state index contributed by atoms with van der Waals surface area (Å²) in [4.78, 5) is 0. The molecule has 1 heteroatoms. The lowest BCUT2D eigenvalue weighted by atomic mass is 9.68. The molecule has 0 spiro atoms. The Bertz CT molecular complexity index is 228. The van der Waals surface area contributed by atoms with E-state index in [-0.39, 0.29) is 0 Å². The van der Waals surface area contributed by atoms with Crippen LogP contribution in [0, 0.1) is 23.2 Å².